The first-order valence-electron chi connectivity index (χ1n) is 5.08. The highest BCUT2D eigenvalue weighted by molar-refractivity contribution is 6.20. The van der Waals surface area contributed by atoms with Gasteiger partial charge in [-0.05, 0) is 26.0 Å². The molecular formula is C11H17ClN2O. The molecule has 0 aliphatic heterocycles. The molecule has 15 heavy (non-hydrogen) atoms. The Bertz CT molecular complexity index is 304. The van der Waals surface area contributed by atoms with Gasteiger partial charge in [-0.1, -0.05) is 0 Å². The van der Waals surface area contributed by atoms with Crippen molar-refractivity contribution < 1.29 is 4.74 Å². The number of aromatic nitrogens is 1. The Morgan fingerprint density at radius 2 is 2.33 bits per heavy atom. The van der Waals surface area contributed by atoms with Crippen LogP contribution < -0.4 is 9.64 Å². The van der Waals surface area contributed by atoms with Crippen LogP contribution in [0, 0.1) is 0 Å². The molecule has 1 heterocycles. The lowest BCUT2D eigenvalue weighted by Crippen LogP contribution is -2.25. The van der Waals surface area contributed by atoms with Crippen LogP contribution >= 0.6 is 11.6 Å². The molecule has 4 heteroatoms. The average Bonchev–Trinajstić information content (AvgIpc) is 2.18. The molecule has 0 saturated carbocycles. The molecule has 3 nitrogen and oxygen atoms in total. The van der Waals surface area contributed by atoms with Crippen molar-refractivity contribution in [2.75, 3.05) is 25.1 Å². The molecule has 0 saturated heterocycles. The summed E-state index contributed by atoms with van der Waals surface area (Å²) in [6.07, 6.45) is 1.76. The van der Waals surface area contributed by atoms with E-state index in [0.29, 0.717) is 6.61 Å². The Hall–Kier alpha value is -0.960. The second-order valence-corrected chi connectivity index (χ2v) is 4.16. The van der Waals surface area contributed by atoms with Crippen LogP contribution in [0.3, 0.4) is 0 Å². The third-order valence-corrected chi connectivity index (χ3v) is 2.08. The van der Waals surface area contributed by atoms with Crippen LogP contribution in [0.4, 0.5) is 5.82 Å². The number of nitrogens with zero attached hydrogens (tertiary/aromatic N) is 2. The molecule has 0 aromatic carbocycles. The van der Waals surface area contributed by atoms with Crippen molar-refractivity contribution in [3.05, 3.63) is 18.3 Å². The van der Waals surface area contributed by atoms with E-state index in [-0.39, 0.29) is 5.38 Å². The third kappa shape index (κ3) is 3.59. The minimum absolute atomic E-state index is 0.0893. The van der Waals surface area contributed by atoms with E-state index < -0.39 is 0 Å². The molecule has 0 amide bonds. The lowest BCUT2D eigenvalue weighted by atomic mass is 10.3. The van der Waals surface area contributed by atoms with E-state index in [1.807, 2.05) is 37.9 Å². The predicted octanol–water partition coefficient (Wildman–Crippen LogP) is 2.54. The van der Waals surface area contributed by atoms with Gasteiger partial charge in [0.15, 0.2) is 11.6 Å². The summed E-state index contributed by atoms with van der Waals surface area (Å²) in [4.78, 5) is 6.30. The van der Waals surface area contributed by atoms with Crippen molar-refractivity contribution in [3.8, 4) is 5.75 Å². The monoisotopic (exact) mass is 228 g/mol. The molecule has 0 radical (unpaired) electrons. The van der Waals surface area contributed by atoms with Crippen LogP contribution in [0.1, 0.15) is 13.8 Å². The summed E-state index contributed by atoms with van der Waals surface area (Å²) in [5, 5.41) is 0.0893. The van der Waals surface area contributed by atoms with Gasteiger partial charge in [-0.3, -0.25) is 0 Å². The van der Waals surface area contributed by atoms with Gasteiger partial charge in [0.05, 0.1) is 6.61 Å². The maximum atomic E-state index is 5.94. The molecule has 0 N–H and O–H groups in total. The number of pyridine rings is 1. The fraction of sp³-hybridized carbons (Fsp3) is 0.545. The Balaban J connectivity index is 2.81. The minimum Gasteiger partial charge on any atom is -0.490 e. The van der Waals surface area contributed by atoms with Crippen molar-refractivity contribution in [2.24, 2.45) is 0 Å². The molecule has 1 atom stereocenters. The predicted molar refractivity (Wildman–Crippen MR) is 64.0 cm³/mol. The zero-order chi connectivity index (χ0) is 11.3. The zero-order valence-corrected chi connectivity index (χ0v) is 10.2. The number of halogens is 1. The van der Waals surface area contributed by atoms with Crippen LogP contribution in [-0.4, -0.2) is 30.6 Å². The van der Waals surface area contributed by atoms with Crippen LogP contribution in [0.15, 0.2) is 18.3 Å². The van der Waals surface area contributed by atoms with Crippen LogP contribution in [0.2, 0.25) is 0 Å². The fourth-order valence-electron chi connectivity index (χ4n) is 1.40. The van der Waals surface area contributed by atoms with Gasteiger partial charge in [-0.15, -0.1) is 11.6 Å². The van der Waals surface area contributed by atoms with Gasteiger partial charge >= 0.3 is 0 Å². The summed E-state index contributed by atoms with van der Waals surface area (Å²) < 4.78 is 5.49. The average molecular weight is 229 g/mol. The smallest absolute Gasteiger partial charge is 0.171 e. The molecule has 0 fully saturated rings. The number of hydrogen-bond donors (Lipinski definition) is 0. The highest BCUT2D eigenvalue weighted by Crippen LogP contribution is 2.24. The molecule has 0 aliphatic carbocycles. The van der Waals surface area contributed by atoms with E-state index in [1.165, 1.54) is 0 Å². The first-order chi connectivity index (χ1) is 7.15. The number of hydrogen-bond acceptors (Lipinski definition) is 3. The van der Waals surface area contributed by atoms with Gasteiger partial charge in [0.25, 0.3) is 0 Å². The summed E-state index contributed by atoms with van der Waals surface area (Å²) in [6, 6.07) is 3.79. The van der Waals surface area contributed by atoms with E-state index in [1.54, 1.807) is 6.20 Å². The van der Waals surface area contributed by atoms with Gasteiger partial charge in [0.1, 0.15) is 0 Å². The minimum atomic E-state index is 0.0893. The fourth-order valence-corrected chi connectivity index (χ4v) is 1.61. The molecule has 0 bridgehead atoms. The highest BCUT2D eigenvalue weighted by Gasteiger charge is 2.10. The van der Waals surface area contributed by atoms with Gasteiger partial charge in [0, 0.05) is 25.2 Å². The quantitative estimate of drug-likeness (QED) is 0.725. The summed E-state index contributed by atoms with van der Waals surface area (Å²) in [6.45, 7) is 5.31. The topological polar surface area (TPSA) is 25.4 Å². The van der Waals surface area contributed by atoms with Crippen molar-refractivity contribution in [1.82, 2.24) is 4.98 Å². The SMILES string of the molecule is CCOc1cccnc1N(C)CC(C)Cl. The zero-order valence-electron chi connectivity index (χ0n) is 9.40. The number of anilines is 1. The first kappa shape index (κ1) is 12.1. The van der Waals surface area contributed by atoms with Gasteiger partial charge in [-0.2, -0.15) is 0 Å². The van der Waals surface area contributed by atoms with Crippen molar-refractivity contribution in [3.63, 3.8) is 0 Å². The second kappa shape index (κ2) is 5.81. The third-order valence-electron chi connectivity index (χ3n) is 1.94. The summed E-state index contributed by atoms with van der Waals surface area (Å²) in [5.74, 6) is 1.65. The normalized spacial score (nSPS) is 12.3. The molecule has 84 valence electrons. The van der Waals surface area contributed by atoms with E-state index in [0.717, 1.165) is 18.1 Å². The maximum absolute atomic E-state index is 5.94. The van der Waals surface area contributed by atoms with E-state index >= 15 is 0 Å². The number of alkyl halides is 1. The van der Waals surface area contributed by atoms with Crippen LogP contribution in [0.5, 0.6) is 5.75 Å². The van der Waals surface area contributed by atoms with Crippen molar-refractivity contribution in [1.29, 1.82) is 0 Å². The summed E-state index contributed by atoms with van der Waals surface area (Å²) in [7, 11) is 1.96. The van der Waals surface area contributed by atoms with E-state index in [4.69, 9.17) is 16.3 Å². The van der Waals surface area contributed by atoms with Gasteiger partial charge in [0.2, 0.25) is 0 Å². The maximum Gasteiger partial charge on any atom is 0.171 e. The Morgan fingerprint density at radius 1 is 1.60 bits per heavy atom. The van der Waals surface area contributed by atoms with E-state index in [2.05, 4.69) is 4.98 Å². The molecule has 1 rings (SSSR count). The standard InChI is InChI=1S/C11H17ClN2O/c1-4-15-10-6-5-7-13-11(10)14(3)8-9(2)12/h5-7,9H,4,8H2,1-3H3. The van der Waals surface area contributed by atoms with Gasteiger partial charge in [-0.25, -0.2) is 4.98 Å². The highest BCUT2D eigenvalue weighted by atomic mass is 35.5. The largest absolute Gasteiger partial charge is 0.490 e. The first-order valence-corrected chi connectivity index (χ1v) is 5.51. The Labute approximate surface area is 96.0 Å². The molecule has 0 spiro atoms. The molecule has 0 aliphatic rings. The van der Waals surface area contributed by atoms with Gasteiger partial charge < -0.3 is 9.64 Å². The van der Waals surface area contributed by atoms with Crippen molar-refractivity contribution in [2.45, 2.75) is 19.2 Å². The van der Waals surface area contributed by atoms with Crippen LogP contribution in [-0.2, 0) is 0 Å². The number of rotatable bonds is 5. The Kier molecular flexibility index (Phi) is 4.69. The second-order valence-electron chi connectivity index (χ2n) is 3.42. The molecule has 1 unspecified atom stereocenters. The molecule has 1 aromatic heterocycles. The van der Waals surface area contributed by atoms with E-state index in [9.17, 15) is 0 Å². The molecular weight excluding hydrogens is 212 g/mol. The molecule has 1 aromatic rings. The summed E-state index contributed by atoms with van der Waals surface area (Å²) in [5.41, 5.74) is 0. The Morgan fingerprint density at radius 3 is 2.93 bits per heavy atom. The van der Waals surface area contributed by atoms with Crippen molar-refractivity contribution >= 4 is 17.4 Å². The lowest BCUT2D eigenvalue weighted by molar-refractivity contribution is 0.339. The van der Waals surface area contributed by atoms with Crippen LogP contribution in [0.25, 0.3) is 0 Å². The lowest BCUT2D eigenvalue weighted by Gasteiger charge is -2.21. The summed E-state index contributed by atoms with van der Waals surface area (Å²) >= 11 is 5.94. The number of ether oxygens (including phenoxy) is 1.